The van der Waals surface area contributed by atoms with Crippen molar-refractivity contribution < 1.29 is 13.9 Å². The van der Waals surface area contributed by atoms with Gasteiger partial charge < -0.3 is 15.8 Å². The number of aromatic nitrogens is 2. The number of hydrogen-bond acceptors (Lipinski definition) is 5. The summed E-state index contributed by atoms with van der Waals surface area (Å²) in [7, 11) is 1.62. The number of methoxy groups -OCH3 is 1. The van der Waals surface area contributed by atoms with Crippen LogP contribution in [0.4, 0.5) is 10.2 Å². The number of carbonyl (C=O) groups excluding carboxylic acids is 1. The topological polar surface area (TPSA) is 81.7 Å². The third-order valence-electron chi connectivity index (χ3n) is 3.64. The van der Waals surface area contributed by atoms with E-state index < -0.39 is 5.91 Å². The maximum absolute atomic E-state index is 13.2. The number of benzene rings is 1. The van der Waals surface area contributed by atoms with Crippen molar-refractivity contribution in [3.63, 3.8) is 0 Å². The molecule has 3 N–H and O–H groups in total. The summed E-state index contributed by atoms with van der Waals surface area (Å²) < 4.78 is 20.1. The number of halogens is 1. The van der Waals surface area contributed by atoms with Crippen molar-refractivity contribution in [2.24, 2.45) is 5.73 Å². The van der Waals surface area contributed by atoms with Crippen LogP contribution in [0.3, 0.4) is 0 Å². The number of hydrogen-bond donors (Lipinski definition) is 2. The van der Waals surface area contributed by atoms with E-state index in [9.17, 15) is 9.18 Å². The van der Waals surface area contributed by atoms with Crippen LogP contribution in [0.2, 0.25) is 0 Å². The number of rotatable bonds is 6. The van der Waals surface area contributed by atoms with E-state index >= 15 is 0 Å². The minimum Gasteiger partial charge on any atom is -0.383 e. The molecule has 0 aliphatic rings. The molecule has 0 spiro atoms. The molecular formula is C16H17FN4O2S. The van der Waals surface area contributed by atoms with Crippen LogP contribution in [-0.2, 0) is 4.74 Å². The zero-order valence-electron chi connectivity index (χ0n) is 13.3. The summed E-state index contributed by atoms with van der Waals surface area (Å²) in [5.41, 5.74) is 7.62. The SMILES string of the molecule is COCCNc1c(-c2ccc(F)cc2)nc2sc(C(N)=O)c(C)n12. The highest BCUT2D eigenvalue weighted by molar-refractivity contribution is 7.19. The second-order valence-corrected chi connectivity index (χ2v) is 6.21. The van der Waals surface area contributed by atoms with Gasteiger partial charge in [-0.05, 0) is 31.2 Å². The summed E-state index contributed by atoms with van der Waals surface area (Å²) in [6.45, 7) is 2.91. The summed E-state index contributed by atoms with van der Waals surface area (Å²) in [5, 5.41) is 3.28. The molecule has 0 radical (unpaired) electrons. The van der Waals surface area contributed by atoms with Crippen molar-refractivity contribution in [3.8, 4) is 11.3 Å². The average Bonchev–Trinajstić information content (AvgIpc) is 3.06. The minimum absolute atomic E-state index is 0.305. The number of nitrogens with one attached hydrogen (secondary N) is 1. The lowest BCUT2D eigenvalue weighted by Gasteiger charge is -2.09. The molecule has 6 nitrogen and oxygen atoms in total. The molecule has 3 rings (SSSR count). The Morgan fingerprint density at radius 2 is 2.12 bits per heavy atom. The van der Waals surface area contributed by atoms with Gasteiger partial charge in [-0.25, -0.2) is 9.37 Å². The van der Waals surface area contributed by atoms with Crippen molar-refractivity contribution in [1.29, 1.82) is 0 Å². The van der Waals surface area contributed by atoms with E-state index in [0.717, 1.165) is 17.1 Å². The molecule has 2 aromatic heterocycles. The van der Waals surface area contributed by atoms with Crippen molar-refractivity contribution in [2.75, 3.05) is 25.6 Å². The molecule has 0 bridgehead atoms. The van der Waals surface area contributed by atoms with Crippen LogP contribution >= 0.6 is 11.3 Å². The smallest absolute Gasteiger partial charge is 0.260 e. The number of carbonyl (C=O) groups is 1. The highest BCUT2D eigenvalue weighted by Crippen LogP contribution is 2.34. The molecule has 0 saturated carbocycles. The Bertz CT molecular complexity index is 886. The Labute approximate surface area is 142 Å². The van der Waals surface area contributed by atoms with E-state index in [0.29, 0.717) is 28.7 Å². The van der Waals surface area contributed by atoms with Crippen molar-refractivity contribution in [2.45, 2.75) is 6.92 Å². The van der Waals surface area contributed by atoms with E-state index in [1.807, 2.05) is 11.3 Å². The van der Waals surface area contributed by atoms with Crippen LogP contribution in [0.25, 0.3) is 16.2 Å². The molecule has 8 heteroatoms. The normalized spacial score (nSPS) is 11.1. The molecule has 0 aliphatic carbocycles. The summed E-state index contributed by atoms with van der Waals surface area (Å²) in [5.74, 6) is -0.0510. The molecular weight excluding hydrogens is 331 g/mol. The van der Waals surface area contributed by atoms with Crippen molar-refractivity contribution >= 4 is 28.0 Å². The zero-order valence-corrected chi connectivity index (χ0v) is 14.1. The van der Waals surface area contributed by atoms with Crippen LogP contribution in [-0.4, -0.2) is 35.6 Å². The number of aryl methyl sites for hydroxylation is 1. The number of ether oxygens (including phenoxy) is 1. The number of amides is 1. The first kappa shape index (κ1) is 16.4. The molecule has 0 saturated heterocycles. The third kappa shape index (κ3) is 2.85. The highest BCUT2D eigenvalue weighted by atomic mass is 32.1. The summed E-state index contributed by atoms with van der Waals surface area (Å²) in [4.78, 5) is 17.3. The van der Waals surface area contributed by atoms with Crippen LogP contribution < -0.4 is 11.1 Å². The first-order chi connectivity index (χ1) is 11.5. The highest BCUT2D eigenvalue weighted by Gasteiger charge is 2.21. The summed E-state index contributed by atoms with van der Waals surface area (Å²) in [6.07, 6.45) is 0. The molecule has 126 valence electrons. The molecule has 2 heterocycles. The zero-order chi connectivity index (χ0) is 17.3. The number of imidazole rings is 1. The number of primary amides is 1. The number of anilines is 1. The third-order valence-corrected chi connectivity index (χ3v) is 4.80. The molecule has 0 aliphatic heterocycles. The lowest BCUT2D eigenvalue weighted by Crippen LogP contribution is -2.13. The van der Waals surface area contributed by atoms with Gasteiger partial charge in [0.1, 0.15) is 22.2 Å². The molecule has 24 heavy (non-hydrogen) atoms. The second kappa shape index (κ2) is 6.58. The van der Waals surface area contributed by atoms with Gasteiger partial charge in [-0.3, -0.25) is 9.20 Å². The van der Waals surface area contributed by atoms with Gasteiger partial charge in [-0.15, -0.1) is 0 Å². The Morgan fingerprint density at radius 3 is 2.75 bits per heavy atom. The monoisotopic (exact) mass is 348 g/mol. The largest absolute Gasteiger partial charge is 0.383 e. The fraction of sp³-hybridized carbons (Fsp3) is 0.250. The minimum atomic E-state index is -0.478. The van der Waals surface area contributed by atoms with Gasteiger partial charge in [-0.1, -0.05) is 11.3 Å². The lowest BCUT2D eigenvalue weighted by atomic mass is 10.1. The Balaban J connectivity index is 2.15. The van der Waals surface area contributed by atoms with E-state index in [1.54, 1.807) is 19.2 Å². The average molecular weight is 348 g/mol. The van der Waals surface area contributed by atoms with Gasteiger partial charge >= 0.3 is 0 Å². The maximum Gasteiger partial charge on any atom is 0.260 e. The van der Waals surface area contributed by atoms with Crippen LogP contribution in [0.5, 0.6) is 0 Å². The molecule has 0 unspecified atom stereocenters. The summed E-state index contributed by atoms with van der Waals surface area (Å²) >= 11 is 1.24. The predicted molar refractivity (Wildman–Crippen MR) is 92.1 cm³/mol. The Morgan fingerprint density at radius 1 is 1.42 bits per heavy atom. The fourth-order valence-electron chi connectivity index (χ4n) is 2.52. The van der Waals surface area contributed by atoms with Crippen LogP contribution in [0.15, 0.2) is 24.3 Å². The standard InChI is InChI=1S/C16H17FN4O2S/c1-9-13(14(18)22)24-16-20-12(10-3-5-11(17)6-4-10)15(21(9)16)19-7-8-23-2/h3-6,19H,7-8H2,1-2H3,(H2,18,22). The van der Waals surface area contributed by atoms with Gasteiger partial charge in [0.15, 0.2) is 4.96 Å². The molecule has 0 atom stereocenters. The number of nitrogens with two attached hydrogens (primary N) is 1. The van der Waals surface area contributed by atoms with E-state index in [2.05, 4.69) is 10.3 Å². The number of thiazole rings is 1. The predicted octanol–water partition coefficient (Wildman–Crippen LogP) is 2.67. The van der Waals surface area contributed by atoms with E-state index in [1.165, 1.54) is 23.5 Å². The summed E-state index contributed by atoms with van der Waals surface area (Å²) in [6, 6.07) is 6.13. The van der Waals surface area contributed by atoms with Crippen molar-refractivity contribution in [1.82, 2.24) is 9.38 Å². The van der Waals surface area contributed by atoms with Gasteiger partial charge in [0.05, 0.1) is 6.61 Å². The molecule has 1 aromatic carbocycles. The van der Waals surface area contributed by atoms with Gasteiger partial charge in [-0.2, -0.15) is 0 Å². The Kier molecular flexibility index (Phi) is 4.50. The second-order valence-electron chi connectivity index (χ2n) is 5.23. The van der Waals surface area contributed by atoms with Gasteiger partial charge in [0.25, 0.3) is 5.91 Å². The first-order valence-electron chi connectivity index (χ1n) is 7.33. The van der Waals surface area contributed by atoms with Crippen LogP contribution in [0, 0.1) is 12.7 Å². The maximum atomic E-state index is 13.2. The quantitative estimate of drug-likeness (QED) is 0.671. The Hall–Kier alpha value is -2.45. The molecule has 0 fully saturated rings. The van der Waals surface area contributed by atoms with Gasteiger partial charge in [0, 0.05) is 24.9 Å². The van der Waals surface area contributed by atoms with Crippen molar-refractivity contribution in [3.05, 3.63) is 40.7 Å². The van der Waals surface area contributed by atoms with E-state index in [4.69, 9.17) is 10.5 Å². The molecule has 1 amide bonds. The van der Waals surface area contributed by atoms with E-state index in [-0.39, 0.29) is 5.82 Å². The van der Waals surface area contributed by atoms with Crippen LogP contribution in [0.1, 0.15) is 15.4 Å². The number of fused-ring (bicyclic) bond motifs is 1. The lowest BCUT2D eigenvalue weighted by molar-refractivity contribution is 0.100. The first-order valence-corrected chi connectivity index (χ1v) is 8.15. The van der Waals surface area contributed by atoms with Gasteiger partial charge in [0.2, 0.25) is 0 Å². The fourth-order valence-corrected chi connectivity index (χ4v) is 3.50. The number of nitrogens with zero attached hydrogens (tertiary/aromatic N) is 2. The molecule has 3 aromatic rings.